The Bertz CT molecular complexity index is 839. The van der Waals surface area contributed by atoms with Gasteiger partial charge in [0.1, 0.15) is 0 Å². The summed E-state index contributed by atoms with van der Waals surface area (Å²) < 4.78 is 4.95. The number of para-hydroxylation sites is 1. The smallest absolute Gasteiger partial charge is 0.289 e. The van der Waals surface area contributed by atoms with Crippen molar-refractivity contribution in [1.29, 1.82) is 0 Å². The number of benzene rings is 1. The zero-order chi connectivity index (χ0) is 14.8. The van der Waals surface area contributed by atoms with Crippen molar-refractivity contribution in [2.45, 2.75) is 6.54 Å². The molecule has 7 heteroatoms. The molecular formula is C14H12N4O3. The van der Waals surface area contributed by atoms with Crippen LogP contribution in [0.1, 0.15) is 16.4 Å². The van der Waals surface area contributed by atoms with Gasteiger partial charge in [-0.3, -0.25) is 9.59 Å². The Hall–Kier alpha value is -2.96. The molecule has 3 rings (SSSR count). The number of nitrogens with zero attached hydrogens (tertiary/aromatic N) is 3. The highest BCUT2D eigenvalue weighted by Crippen LogP contribution is 2.08. The van der Waals surface area contributed by atoms with E-state index < -0.39 is 5.91 Å². The Morgan fingerprint density at radius 2 is 2.14 bits per heavy atom. The first-order valence-corrected chi connectivity index (χ1v) is 6.29. The van der Waals surface area contributed by atoms with Crippen LogP contribution in [0.25, 0.3) is 10.9 Å². The highest BCUT2D eigenvalue weighted by Gasteiger charge is 2.17. The molecule has 0 aliphatic rings. The van der Waals surface area contributed by atoms with E-state index in [1.54, 1.807) is 37.4 Å². The second kappa shape index (κ2) is 5.20. The number of fused-ring (bicyclic) bond motifs is 1. The highest BCUT2D eigenvalue weighted by atomic mass is 16.5. The number of H-pyrrole nitrogens is 1. The van der Waals surface area contributed by atoms with E-state index in [1.807, 2.05) is 0 Å². The third-order valence-corrected chi connectivity index (χ3v) is 3.05. The fraction of sp³-hybridized carbons (Fsp3) is 0.143. The van der Waals surface area contributed by atoms with Crippen LogP contribution in [0, 0.1) is 0 Å². The lowest BCUT2D eigenvalue weighted by molar-refractivity contribution is 0.0760. The van der Waals surface area contributed by atoms with Crippen molar-refractivity contribution in [1.82, 2.24) is 20.0 Å². The molecule has 2 heterocycles. The van der Waals surface area contributed by atoms with Gasteiger partial charge in [0.15, 0.2) is 11.6 Å². The van der Waals surface area contributed by atoms with Gasteiger partial charge in [0, 0.05) is 13.1 Å². The molecule has 7 nitrogen and oxygen atoms in total. The maximum Gasteiger partial charge on any atom is 0.289 e. The first-order valence-electron chi connectivity index (χ1n) is 6.29. The van der Waals surface area contributed by atoms with Crippen molar-refractivity contribution >= 4 is 16.8 Å². The topological polar surface area (TPSA) is 92.1 Å². The average molecular weight is 284 g/mol. The molecule has 3 aromatic rings. The number of hydrogen-bond donors (Lipinski definition) is 1. The Morgan fingerprint density at radius 3 is 2.90 bits per heavy atom. The lowest BCUT2D eigenvalue weighted by Crippen LogP contribution is -2.29. The van der Waals surface area contributed by atoms with Gasteiger partial charge in [-0.15, -0.1) is 0 Å². The van der Waals surface area contributed by atoms with Crippen LogP contribution in [0.3, 0.4) is 0 Å². The summed E-state index contributed by atoms with van der Waals surface area (Å²) in [6.45, 7) is 0.245. The number of amides is 1. The Morgan fingerprint density at radius 1 is 1.33 bits per heavy atom. The van der Waals surface area contributed by atoms with Crippen LogP contribution in [0.2, 0.25) is 0 Å². The molecule has 1 N–H and O–H groups in total. The van der Waals surface area contributed by atoms with Crippen LogP contribution in [0.4, 0.5) is 0 Å². The Labute approximate surface area is 119 Å². The standard InChI is InChI=1S/C14H12N4O3/c1-18(8-9-6-7-15-21-9)14(20)12-16-11-5-3-2-4-10(11)13(19)17-12/h2-7H,8H2,1H3,(H,16,17,19). The van der Waals surface area contributed by atoms with Crippen LogP contribution in [0.15, 0.2) is 45.8 Å². The third-order valence-electron chi connectivity index (χ3n) is 3.05. The highest BCUT2D eigenvalue weighted by molar-refractivity contribution is 5.92. The van der Waals surface area contributed by atoms with Gasteiger partial charge in [0.2, 0.25) is 0 Å². The molecule has 0 saturated heterocycles. The molecule has 21 heavy (non-hydrogen) atoms. The van der Waals surface area contributed by atoms with E-state index in [-0.39, 0.29) is 17.9 Å². The van der Waals surface area contributed by atoms with E-state index in [0.717, 1.165) is 0 Å². The minimum absolute atomic E-state index is 0.000662. The van der Waals surface area contributed by atoms with Crippen LogP contribution in [-0.2, 0) is 6.54 Å². The number of aromatic nitrogens is 3. The van der Waals surface area contributed by atoms with Crippen molar-refractivity contribution in [2.24, 2.45) is 0 Å². The third kappa shape index (κ3) is 2.53. The molecule has 0 aliphatic heterocycles. The second-order valence-corrected chi connectivity index (χ2v) is 4.57. The number of rotatable bonds is 3. The average Bonchev–Trinajstić information content (AvgIpc) is 2.99. The van der Waals surface area contributed by atoms with E-state index >= 15 is 0 Å². The lowest BCUT2D eigenvalue weighted by atomic mass is 10.2. The zero-order valence-corrected chi connectivity index (χ0v) is 11.2. The number of nitrogens with one attached hydrogen (secondary N) is 1. The Balaban J connectivity index is 1.92. The molecule has 2 aromatic heterocycles. The van der Waals surface area contributed by atoms with Crippen LogP contribution in [-0.4, -0.2) is 33.0 Å². The van der Waals surface area contributed by atoms with Gasteiger partial charge >= 0.3 is 0 Å². The second-order valence-electron chi connectivity index (χ2n) is 4.57. The van der Waals surface area contributed by atoms with Crippen molar-refractivity contribution in [3.63, 3.8) is 0 Å². The van der Waals surface area contributed by atoms with E-state index in [2.05, 4.69) is 15.1 Å². The summed E-state index contributed by atoms with van der Waals surface area (Å²) in [7, 11) is 1.60. The molecule has 0 aliphatic carbocycles. The summed E-state index contributed by atoms with van der Waals surface area (Å²) >= 11 is 0. The minimum Gasteiger partial charge on any atom is -0.360 e. The Kier molecular flexibility index (Phi) is 3.23. The molecule has 0 saturated carbocycles. The number of carbonyl (C=O) groups is 1. The molecule has 0 fully saturated rings. The summed E-state index contributed by atoms with van der Waals surface area (Å²) in [6.07, 6.45) is 1.50. The van der Waals surface area contributed by atoms with Gasteiger partial charge in [-0.25, -0.2) is 4.98 Å². The monoisotopic (exact) mass is 284 g/mol. The summed E-state index contributed by atoms with van der Waals surface area (Å²) in [5.41, 5.74) is 0.148. The molecule has 0 unspecified atom stereocenters. The number of aromatic amines is 1. The van der Waals surface area contributed by atoms with E-state index in [1.165, 1.54) is 11.1 Å². The van der Waals surface area contributed by atoms with Crippen molar-refractivity contribution < 1.29 is 9.32 Å². The largest absolute Gasteiger partial charge is 0.360 e. The molecule has 0 radical (unpaired) electrons. The summed E-state index contributed by atoms with van der Waals surface area (Å²) in [4.78, 5) is 32.3. The maximum absolute atomic E-state index is 12.3. The molecule has 0 atom stereocenters. The normalized spacial score (nSPS) is 10.7. The number of carbonyl (C=O) groups excluding carboxylic acids is 1. The van der Waals surface area contributed by atoms with Gasteiger partial charge in [-0.1, -0.05) is 17.3 Å². The van der Waals surface area contributed by atoms with Crippen molar-refractivity contribution in [3.05, 3.63) is 58.5 Å². The van der Waals surface area contributed by atoms with Gasteiger partial charge in [0.25, 0.3) is 11.5 Å². The van der Waals surface area contributed by atoms with Crippen LogP contribution < -0.4 is 5.56 Å². The van der Waals surface area contributed by atoms with Crippen LogP contribution >= 0.6 is 0 Å². The number of hydrogen-bond acceptors (Lipinski definition) is 5. The molecule has 1 amide bonds. The van der Waals surface area contributed by atoms with E-state index in [9.17, 15) is 9.59 Å². The van der Waals surface area contributed by atoms with Gasteiger partial charge < -0.3 is 14.4 Å². The summed E-state index contributed by atoms with van der Waals surface area (Å²) in [5, 5.41) is 4.03. The van der Waals surface area contributed by atoms with Crippen LogP contribution in [0.5, 0.6) is 0 Å². The predicted octanol–water partition coefficient (Wildman–Crippen LogP) is 1.18. The fourth-order valence-corrected chi connectivity index (χ4v) is 2.00. The fourth-order valence-electron chi connectivity index (χ4n) is 2.00. The maximum atomic E-state index is 12.3. The molecule has 0 bridgehead atoms. The SMILES string of the molecule is CN(Cc1ccno1)C(=O)c1nc2ccccc2c(=O)[nH]1. The zero-order valence-electron chi connectivity index (χ0n) is 11.2. The quantitative estimate of drug-likeness (QED) is 0.779. The minimum atomic E-state index is -0.394. The van der Waals surface area contributed by atoms with Crippen molar-refractivity contribution in [3.8, 4) is 0 Å². The van der Waals surface area contributed by atoms with E-state index in [4.69, 9.17) is 4.52 Å². The summed E-state index contributed by atoms with van der Waals surface area (Å²) in [6, 6.07) is 8.53. The van der Waals surface area contributed by atoms with Gasteiger partial charge in [-0.2, -0.15) is 0 Å². The lowest BCUT2D eigenvalue weighted by Gasteiger charge is -2.14. The first-order chi connectivity index (χ1) is 10.1. The first kappa shape index (κ1) is 13.0. The molecular weight excluding hydrogens is 272 g/mol. The predicted molar refractivity (Wildman–Crippen MR) is 74.7 cm³/mol. The van der Waals surface area contributed by atoms with Gasteiger partial charge in [-0.05, 0) is 12.1 Å². The van der Waals surface area contributed by atoms with Gasteiger partial charge in [0.05, 0.1) is 23.6 Å². The van der Waals surface area contributed by atoms with Crippen molar-refractivity contribution in [2.75, 3.05) is 7.05 Å². The molecule has 106 valence electrons. The van der Waals surface area contributed by atoms with E-state index in [0.29, 0.717) is 16.7 Å². The summed E-state index contributed by atoms with van der Waals surface area (Å²) in [5.74, 6) is 0.156. The molecule has 1 aromatic carbocycles. The molecule has 0 spiro atoms.